The number of methoxy groups -OCH3 is 1. The number of amides is 2. The summed E-state index contributed by atoms with van der Waals surface area (Å²) in [7, 11) is 3.11. The van der Waals surface area contributed by atoms with Crippen molar-refractivity contribution in [3.8, 4) is 5.75 Å². The van der Waals surface area contributed by atoms with Crippen molar-refractivity contribution in [3.63, 3.8) is 0 Å². The van der Waals surface area contributed by atoms with Crippen LogP contribution < -0.4 is 10.1 Å². The predicted molar refractivity (Wildman–Crippen MR) is 108 cm³/mol. The minimum absolute atomic E-state index is 0.00619. The van der Waals surface area contributed by atoms with Gasteiger partial charge in [-0.3, -0.25) is 9.59 Å². The summed E-state index contributed by atoms with van der Waals surface area (Å²) >= 11 is 6.00. The molecular weight excluding hydrogens is 383 g/mol. The summed E-state index contributed by atoms with van der Waals surface area (Å²) in [4.78, 5) is 25.8. The van der Waals surface area contributed by atoms with Crippen LogP contribution in [-0.4, -0.2) is 36.9 Å². The summed E-state index contributed by atoms with van der Waals surface area (Å²) in [6.07, 6.45) is 2.98. The highest BCUT2D eigenvalue weighted by Gasteiger charge is 2.20. The first-order valence-corrected chi connectivity index (χ1v) is 9.00. The largest absolute Gasteiger partial charge is 0.497 e. The Bertz CT molecular complexity index is 848. The monoisotopic (exact) mass is 404 g/mol. The van der Waals surface area contributed by atoms with Crippen LogP contribution in [0.3, 0.4) is 0 Å². The van der Waals surface area contributed by atoms with E-state index in [1.807, 2.05) is 12.1 Å². The molecule has 0 saturated heterocycles. The Morgan fingerprint density at radius 3 is 2.54 bits per heavy atom. The van der Waals surface area contributed by atoms with Gasteiger partial charge < -0.3 is 15.0 Å². The van der Waals surface area contributed by atoms with Gasteiger partial charge in [0.2, 0.25) is 11.8 Å². The van der Waals surface area contributed by atoms with E-state index in [0.29, 0.717) is 0 Å². The molecule has 5 nitrogen and oxygen atoms in total. The fourth-order valence-corrected chi connectivity index (χ4v) is 2.76. The minimum Gasteiger partial charge on any atom is -0.497 e. The van der Waals surface area contributed by atoms with Crippen molar-refractivity contribution in [2.45, 2.75) is 19.5 Å². The summed E-state index contributed by atoms with van der Waals surface area (Å²) in [5.74, 6) is -0.524. The first-order valence-electron chi connectivity index (χ1n) is 8.62. The molecule has 0 fully saturated rings. The molecule has 0 bridgehead atoms. The number of rotatable bonds is 7. The molecule has 0 aliphatic rings. The van der Waals surface area contributed by atoms with Gasteiger partial charge in [0.15, 0.2) is 0 Å². The van der Waals surface area contributed by atoms with E-state index in [-0.39, 0.29) is 23.0 Å². The minimum atomic E-state index is -0.774. The second-order valence-electron chi connectivity index (χ2n) is 6.23. The number of nitrogens with one attached hydrogen (secondary N) is 1. The number of ether oxygens (including phenoxy) is 1. The third-order valence-electron chi connectivity index (χ3n) is 4.11. The summed E-state index contributed by atoms with van der Waals surface area (Å²) in [6, 6.07) is 10.8. The zero-order valence-electron chi connectivity index (χ0n) is 15.9. The highest BCUT2D eigenvalue weighted by Crippen LogP contribution is 2.20. The topological polar surface area (TPSA) is 58.6 Å². The maximum atomic E-state index is 13.9. The van der Waals surface area contributed by atoms with E-state index in [1.165, 1.54) is 30.2 Å². The molecule has 0 aliphatic heterocycles. The van der Waals surface area contributed by atoms with Gasteiger partial charge in [-0.1, -0.05) is 29.8 Å². The van der Waals surface area contributed by atoms with Crippen molar-refractivity contribution in [2.75, 3.05) is 14.2 Å². The van der Waals surface area contributed by atoms with Crippen LogP contribution in [0.5, 0.6) is 5.75 Å². The Labute approximate surface area is 168 Å². The van der Waals surface area contributed by atoms with Crippen molar-refractivity contribution in [3.05, 3.63) is 70.5 Å². The Balaban J connectivity index is 1.93. The van der Waals surface area contributed by atoms with E-state index in [0.717, 1.165) is 11.3 Å². The highest BCUT2D eigenvalue weighted by molar-refractivity contribution is 6.31. The average Bonchev–Trinajstić information content (AvgIpc) is 2.68. The van der Waals surface area contributed by atoms with E-state index in [2.05, 4.69) is 5.32 Å². The molecular formula is C21H22ClFN2O3. The molecule has 28 heavy (non-hydrogen) atoms. The molecule has 2 amide bonds. The normalized spacial score (nSPS) is 11.9. The molecule has 0 saturated carbocycles. The number of nitrogens with zero attached hydrogens (tertiary/aromatic N) is 1. The van der Waals surface area contributed by atoms with Gasteiger partial charge in [0.05, 0.1) is 7.11 Å². The molecule has 1 atom stereocenters. The lowest BCUT2D eigenvalue weighted by atomic mass is 10.2. The molecule has 0 spiro atoms. The predicted octanol–water partition coefficient (Wildman–Crippen LogP) is 3.66. The molecule has 0 aromatic heterocycles. The van der Waals surface area contributed by atoms with Crippen molar-refractivity contribution in [1.82, 2.24) is 10.2 Å². The molecule has 2 rings (SSSR count). The van der Waals surface area contributed by atoms with Crippen LogP contribution in [0.1, 0.15) is 18.1 Å². The second kappa shape index (κ2) is 9.90. The third kappa shape index (κ3) is 5.82. The molecule has 0 heterocycles. The Kier molecular flexibility index (Phi) is 7.58. The number of likely N-dealkylation sites (N-methyl/N-ethyl adjacent to an activating group) is 1. The van der Waals surface area contributed by atoms with Gasteiger partial charge in [0.25, 0.3) is 0 Å². The van der Waals surface area contributed by atoms with Gasteiger partial charge in [-0.2, -0.15) is 0 Å². The third-order valence-corrected chi connectivity index (χ3v) is 4.46. The van der Waals surface area contributed by atoms with Gasteiger partial charge in [-0.05, 0) is 42.8 Å². The van der Waals surface area contributed by atoms with Crippen molar-refractivity contribution >= 4 is 29.5 Å². The van der Waals surface area contributed by atoms with Crippen molar-refractivity contribution in [2.24, 2.45) is 0 Å². The van der Waals surface area contributed by atoms with Crippen molar-refractivity contribution in [1.29, 1.82) is 0 Å². The lowest BCUT2D eigenvalue weighted by Gasteiger charge is -2.22. The number of carbonyl (C=O) groups is 2. The molecule has 2 aromatic carbocycles. The van der Waals surface area contributed by atoms with E-state index in [9.17, 15) is 14.0 Å². The summed E-state index contributed by atoms with van der Waals surface area (Å²) in [5.41, 5.74) is 1.05. The Morgan fingerprint density at radius 1 is 1.25 bits per heavy atom. The van der Waals surface area contributed by atoms with Crippen LogP contribution in [0.2, 0.25) is 5.02 Å². The number of halogens is 2. The fourth-order valence-electron chi connectivity index (χ4n) is 2.54. The van der Waals surface area contributed by atoms with Crippen molar-refractivity contribution < 1.29 is 18.7 Å². The average molecular weight is 405 g/mol. The fraction of sp³-hybridized carbons (Fsp3) is 0.238. The lowest BCUT2D eigenvalue weighted by molar-refractivity contribution is -0.134. The van der Waals surface area contributed by atoms with E-state index in [1.54, 1.807) is 38.3 Å². The number of hydrogen-bond acceptors (Lipinski definition) is 3. The standard InChI is InChI=1S/C21H22ClFN2O3/c1-14(21(27)25(2)13-17-18(22)5-4-6-19(17)23)24-20(26)12-9-15-7-10-16(28-3)11-8-15/h4-12,14H,13H2,1-3H3,(H,24,26)/b12-9+/t14-/m1/s1. The zero-order valence-corrected chi connectivity index (χ0v) is 16.7. The van der Waals surface area contributed by atoms with Gasteiger partial charge in [-0.15, -0.1) is 0 Å². The Hall–Kier alpha value is -2.86. The van der Waals surface area contributed by atoms with Gasteiger partial charge >= 0.3 is 0 Å². The van der Waals surface area contributed by atoms with Crippen LogP contribution in [-0.2, 0) is 16.1 Å². The van der Waals surface area contributed by atoms with Crippen LogP contribution in [0.25, 0.3) is 6.08 Å². The van der Waals surface area contributed by atoms with E-state index < -0.39 is 17.8 Å². The molecule has 148 valence electrons. The Morgan fingerprint density at radius 2 is 1.93 bits per heavy atom. The van der Waals surface area contributed by atoms with E-state index >= 15 is 0 Å². The number of carbonyl (C=O) groups excluding carboxylic acids is 2. The lowest BCUT2D eigenvalue weighted by Crippen LogP contribution is -2.44. The van der Waals surface area contributed by atoms with Crippen LogP contribution >= 0.6 is 11.6 Å². The zero-order chi connectivity index (χ0) is 20.7. The van der Waals surface area contributed by atoms with Gasteiger partial charge in [0, 0.05) is 30.3 Å². The molecule has 0 unspecified atom stereocenters. The summed E-state index contributed by atoms with van der Waals surface area (Å²) < 4.78 is 19.0. The maximum Gasteiger partial charge on any atom is 0.244 e. The SMILES string of the molecule is COc1ccc(/C=C/C(=O)N[C@H](C)C(=O)N(C)Cc2c(F)cccc2Cl)cc1. The maximum absolute atomic E-state index is 13.9. The number of benzene rings is 2. The van der Waals surface area contributed by atoms with Crippen LogP contribution in [0.4, 0.5) is 4.39 Å². The van der Waals surface area contributed by atoms with Gasteiger partial charge in [-0.25, -0.2) is 4.39 Å². The molecule has 0 aliphatic carbocycles. The molecule has 1 N–H and O–H groups in total. The summed E-state index contributed by atoms with van der Waals surface area (Å²) in [5, 5.41) is 2.85. The highest BCUT2D eigenvalue weighted by atomic mass is 35.5. The second-order valence-corrected chi connectivity index (χ2v) is 6.64. The number of hydrogen-bond donors (Lipinski definition) is 1. The molecule has 2 aromatic rings. The summed E-state index contributed by atoms with van der Waals surface area (Å²) in [6.45, 7) is 1.58. The smallest absolute Gasteiger partial charge is 0.244 e. The molecule has 0 radical (unpaired) electrons. The first-order chi connectivity index (χ1) is 13.3. The van der Waals surface area contributed by atoms with Gasteiger partial charge in [0.1, 0.15) is 17.6 Å². The first kappa shape index (κ1) is 21.4. The van der Waals surface area contributed by atoms with E-state index in [4.69, 9.17) is 16.3 Å². The molecule has 7 heteroatoms. The quantitative estimate of drug-likeness (QED) is 0.716. The van der Waals surface area contributed by atoms with Crippen LogP contribution in [0.15, 0.2) is 48.5 Å². The van der Waals surface area contributed by atoms with Crippen LogP contribution in [0, 0.1) is 5.82 Å².